The lowest BCUT2D eigenvalue weighted by Gasteiger charge is -2.08. The van der Waals surface area contributed by atoms with Gasteiger partial charge in [-0.3, -0.25) is 0 Å². The fraction of sp³-hybridized carbons (Fsp3) is 0.385. The summed E-state index contributed by atoms with van der Waals surface area (Å²) in [6.45, 7) is 4.11. The molecule has 114 valence electrons. The molecule has 0 aliphatic heterocycles. The van der Waals surface area contributed by atoms with Gasteiger partial charge < -0.3 is 5.32 Å². The predicted octanol–water partition coefficient (Wildman–Crippen LogP) is 3.87. The van der Waals surface area contributed by atoms with Crippen molar-refractivity contribution < 1.29 is 17.6 Å². The summed E-state index contributed by atoms with van der Waals surface area (Å²) >= 11 is 1.50. The Hall–Kier alpha value is -1.70. The second-order valence-electron chi connectivity index (χ2n) is 4.70. The third-order valence-corrected chi connectivity index (χ3v) is 3.94. The van der Waals surface area contributed by atoms with Crippen molar-refractivity contribution in [2.24, 2.45) is 0 Å². The highest BCUT2D eigenvalue weighted by Gasteiger charge is 2.20. The fourth-order valence-corrected chi connectivity index (χ4v) is 2.53. The molecule has 0 fully saturated rings. The van der Waals surface area contributed by atoms with Crippen LogP contribution >= 0.6 is 11.3 Å². The Bertz CT molecular complexity index is 616. The standard InChI is InChI=1S/C13H13F4N3S/c1-6(2)13-19-7(5-21-13)3-4-18-10-8(14)11(16)20-12(17)9(10)15/h5-6H,3-4H2,1-2H3,(H,18,20). The summed E-state index contributed by atoms with van der Waals surface area (Å²) < 4.78 is 52.6. The Labute approximate surface area is 123 Å². The maximum Gasteiger partial charge on any atom is 0.253 e. The van der Waals surface area contributed by atoms with Crippen LogP contribution < -0.4 is 5.32 Å². The molecule has 2 aromatic rings. The predicted molar refractivity (Wildman–Crippen MR) is 72.5 cm³/mol. The topological polar surface area (TPSA) is 37.8 Å². The summed E-state index contributed by atoms with van der Waals surface area (Å²) in [5.74, 6) is -6.11. The van der Waals surface area contributed by atoms with E-state index < -0.39 is 29.2 Å². The van der Waals surface area contributed by atoms with E-state index in [2.05, 4.69) is 15.3 Å². The minimum atomic E-state index is -1.67. The Balaban J connectivity index is 2.03. The molecule has 0 unspecified atom stereocenters. The first-order valence-electron chi connectivity index (χ1n) is 6.28. The molecular formula is C13H13F4N3S. The van der Waals surface area contributed by atoms with Gasteiger partial charge in [0.25, 0.3) is 11.9 Å². The van der Waals surface area contributed by atoms with Crippen LogP contribution in [0.3, 0.4) is 0 Å². The molecule has 0 saturated carbocycles. The van der Waals surface area contributed by atoms with Crippen molar-refractivity contribution in [3.63, 3.8) is 0 Å². The molecule has 21 heavy (non-hydrogen) atoms. The average molecular weight is 319 g/mol. The van der Waals surface area contributed by atoms with Crippen molar-refractivity contribution in [2.45, 2.75) is 26.2 Å². The zero-order chi connectivity index (χ0) is 15.6. The molecule has 0 aliphatic rings. The lowest BCUT2D eigenvalue weighted by molar-refractivity contribution is 0.410. The van der Waals surface area contributed by atoms with Gasteiger partial charge in [-0.2, -0.15) is 22.5 Å². The molecule has 0 spiro atoms. The van der Waals surface area contributed by atoms with Crippen LogP contribution in [0, 0.1) is 23.5 Å². The van der Waals surface area contributed by atoms with Gasteiger partial charge >= 0.3 is 0 Å². The molecule has 8 heteroatoms. The van der Waals surface area contributed by atoms with Crippen molar-refractivity contribution in [2.75, 3.05) is 11.9 Å². The first-order chi connectivity index (χ1) is 9.90. The first kappa shape index (κ1) is 15.7. The van der Waals surface area contributed by atoms with Crippen LogP contribution in [0.2, 0.25) is 0 Å². The van der Waals surface area contributed by atoms with E-state index in [0.717, 1.165) is 10.7 Å². The lowest BCUT2D eigenvalue weighted by atomic mass is 10.2. The van der Waals surface area contributed by atoms with Crippen molar-refractivity contribution >= 4 is 17.0 Å². The SMILES string of the molecule is CC(C)c1nc(CCNc2c(F)c(F)nc(F)c2F)cs1. The fourth-order valence-electron chi connectivity index (χ4n) is 1.66. The normalized spacial score (nSPS) is 11.2. The van der Waals surface area contributed by atoms with Gasteiger partial charge in [0.05, 0.1) is 10.7 Å². The number of halogens is 4. The highest BCUT2D eigenvalue weighted by Crippen LogP contribution is 2.22. The van der Waals surface area contributed by atoms with Crippen LogP contribution in [0.5, 0.6) is 0 Å². The highest BCUT2D eigenvalue weighted by atomic mass is 32.1. The number of thiazole rings is 1. The average Bonchev–Trinajstić information content (AvgIpc) is 2.89. The van der Waals surface area contributed by atoms with E-state index in [1.54, 1.807) is 0 Å². The Morgan fingerprint density at radius 2 is 1.71 bits per heavy atom. The number of pyridine rings is 1. The molecule has 3 nitrogen and oxygen atoms in total. The number of hydrogen-bond donors (Lipinski definition) is 1. The Morgan fingerprint density at radius 1 is 1.10 bits per heavy atom. The van der Waals surface area contributed by atoms with Crippen molar-refractivity contribution in [3.8, 4) is 0 Å². The molecule has 0 aliphatic carbocycles. The van der Waals surface area contributed by atoms with Gasteiger partial charge in [0, 0.05) is 24.3 Å². The van der Waals surface area contributed by atoms with Crippen LogP contribution in [0.15, 0.2) is 5.38 Å². The first-order valence-corrected chi connectivity index (χ1v) is 7.16. The molecule has 0 radical (unpaired) electrons. The quantitative estimate of drug-likeness (QED) is 0.671. The van der Waals surface area contributed by atoms with Gasteiger partial charge in [0.15, 0.2) is 0 Å². The molecule has 2 aromatic heterocycles. The Kier molecular flexibility index (Phi) is 4.76. The van der Waals surface area contributed by atoms with Crippen LogP contribution in [-0.4, -0.2) is 16.5 Å². The molecule has 0 amide bonds. The van der Waals surface area contributed by atoms with Crippen LogP contribution in [-0.2, 0) is 6.42 Å². The zero-order valence-electron chi connectivity index (χ0n) is 11.4. The maximum atomic E-state index is 13.4. The Morgan fingerprint density at radius 3 is 2.24 bits per heavy atom. The second-order valence-corrected chi connectivity index (χ2v) is 5.59. The maximum absolute atomic E-state index is 13.4. The van der Waals surface area contributed by atoms with Gasteiger partial charge in [0.2, 0.25) is 11.6 Å². The van der Waals surface area contributed by atoms with Crippen molar-refractivity contribution in [1.29, 1.82) is 0 Å². The summed E-state index contributed by atoms with van der Waals surface area (Å²) in [7, 11) is 0. The molecule has 0 aromatic carbocycles. The second kappa shape index (κ2) is 6.38. The smallest absolute Gasteiger partial charge is 0.253 e. The van der Waals surface area contributed by atoms with E-state index in [-0.39, 0.29) is 6.54 Å². The number of nitrogens with zero attached hydrogens (tertiary/aromatic N) is 2. The van der Waals surface area contributed by atoms with E-state index in [1.165, 1.54) is 11.3 Å². The van der Waals surface area contributed by atoms with Gasteiger partial charge in [-0.05, 0) is 0 Å². The lowest BCUT2D eigenvalue weighted by Crippen LogP contribution is -2.12. The zero-order valence-corrected chi connectivity index (χ0v) is 12.2. The molecule has 0 atom stereocenters. The van der Waals surface area contributed by atoms with E-state index in [4.69, 9.17) is 0 Å². The molecule has 2 heterocycles. The highest BCUT2D eigenvalue weighted by molar-refractivity contribution is 7.09. The number of aromatic nitrogens is 2. The van der Waals surface area contributed by atoms with Gasteiger partial charge in [-0.25, -0.2) is 4.98 Å². The van der Waals surface area contributed by atoms with Crippen molar-refractivity contribution in [3.05, 3.63) is 39.6 Å². The summed E-state index contributed by atoms with van der Waals surface area (Å²) in [5.41, 5.74) is -0.0914. The molecule has 2 rings (SSSR count). The van der Waals surface area contributed by atoms with Crippen molar-refractivity contribution in [1.82, 2.24) is 9.97 Å². The largest absolute Gasteiger partial charge is 0.380 e. The number of hydrogen-bond acceptors (Lipinski definition) is 4. The van der Waals surface area contributed by atoms with Crippen LogP contribution in [0.4, 0.5) is 23.2 Å². The monoisotopic (exact) mass is 319 g/mol. The molecule has 1 N–H and O–H groups in total. The number of nitrogens with one attached hydrogen (secondary N) is 1. The van der Waals surface area contributed by atoms with E-state index >= 15 is 0 Å². The summed E-state index contributed by atoms with van der Waals surface area (Å²) in [6.07, 6.45) is 0.383. The van der Waals surface area contributed by atoms with Gasteiger partial charge in [-0.1, -0.05) is 13.8 Å². The van der Waals surface area contributed by atoms with E-state index in [1.807, 2.05) is 19.2 Å². The number of rotatable bonds is 5. The molecular weight excluding hydrogens is 306 g/mol. The van der Waals surface area contributed by atoms with E-state index in [9.17, 15) is 17.6 Å². The minimum absolute atomic E-state index is 0.0952. The minimum Gasteiger partial charge on any atom is -0.380 e. The third-order valence-electron chi connectivity index (χ3n) is 2.74. The van der Waals surface area contributed by atoms with Crippen LogP contribution in [0.1, 0.15) is 30.5 Å². The molecule has 0 bridgehead atoms. The van der Waals surface area contributed by atoms with Gasteiger partial charge in [-0.15, -0.1) is 11.3 Å². The van der Waals surface area contributed by atoms with Gasteiger partial charge in [0.1, 0.15) is 5.69 Å². The molecule has 0 saturated heterocycles. The number of anilines is 1. The van der Waals surface area contributed by atoms with Crippen LogP contribution in [0.25, 0.3) is 0 Å². The van der Waals surface area contributed by atoms with E-state index in [0.29, 0.717) is 12.3 Å². The third kappa shape index (κ3) is 3.49. The summed E-state index contributed by atoms with van der Waals surface area (Å²) in [4.78, 5) is 6.84. The summed E-state index contributed by atoms with van der Waals surface area (Å²) in [5, 5.41) is 5.15. The summed E-state index contributed by atoms with van der Waals surface area (Å²) in [6, 6.07) is 0.